The highest BCUT2D eigenvalue weighted by Crippen LogP contribution is 2.29. The van der Waals surface area contributed by atoms with Crippen LogP contribution in [0.1, 0.15) is 5.56 Å². The van der Waals surface area contributed by atoms with Crippen molar-refractivity contribution in [2.24, 2.45) is 0 Å². The minimum absolute atomic E-state index is 0.195. The Morgan fingerprint density at radius 3 is 2.43 bits per heavy atom. The highest BCUT2D eigenvalue weighted by molar-refractivity contribution is 7.90. The van der Waals surface area contributed by atoms with E-state index < -0.39 is 9.84 Å². The van der Waals surface area contributed by atoms with Gasteiger partial charge >= 0.3 is 0 Å². The molecule has 0 saturated carbocycles. The predicted molar refractivity (Wildman–Crippen MR) is 88.4 cm³/mol. The lowest BCUT2D eigenvalue weighted by molar-refractivity contribution is 0.601. The van der Waals surface area contributed by atoms with Crippen molar-refractivity contribution in [3.05, 3.63) is 57.0 Å². The fourth-order valence-corrected chi connectivity index (χ4v) is 3.48. The van der Waals surface area contributed by atoms with E-state index in [1.165, 1.54) is 6.07 Å². The second-order valence-corrected chi connectivity index (χ2v) is 7.70. The fraction of sp³-hybridized carbons (Fsp3) is 0.143. The molecule has 0 spiro atoms. The van der Waals surface area contributed by atoms with Crippen LogP contribution in [0.4, 0.5) is 5.69 Å². The van der Waals surface area contributed by atoms with Crippen molar-refractivity contribution in [1.29, 1.82) is 0 Å². The van der Waals surface area contributed by atoms with E-state index in [4.69, 9.17) is 34.8 Å². The highest BCUT2D eigenvalue weighted by Gasteiger charge is 2.16. The third-order valence-corrected chi connectivity index (χ3v) is 4.96. The van der Waals surface area contributed by atoms with Crippen molar-refractivity contribution in [2.75, 3.05) is 11.6 Å². The molecule has 0 aliphatic carbocycles. The molecule has 2 aromatic carbocycles. The smallest absolute Gasteiger partial charge is 0.175 e. The van der Waals surface area contributed by atoms with Gasteiger partial charge in [0.2, 0.25) is 0 Å². The molecule has 0 bridgehead atoms. The molecule has 0 saturated heterocycles. The summed E-state index contributed by atoms with van der Waals surface area (Å²) in [6.07, 6.45) is 1.15. The Bertz CT molecular complexity index is 776. The summed E-state index contributed by atoms with van der Waals surface area (Å²) in [7, 11) is -3.36. The zero-order valence-corrected chi connectivity index (χ0v) is 14.1. The van der Waals surface area contributed by atoms with Crippen LogP contribution in [-0.2, 0) is 16.4 Å². The summed E-state index contributed by atoms with van der Waals surface area (Å²) in [5, 5.41) is 4.46. The normalized spacial score (nSPS) is 11.4. The molecule has 112 valence electrons. The van der Waals surface area contributed by atoms with Crippen LogP contribution in [-0.4, -0.2) is 14.7 Å². The van der Waals surface area contributed by atoms with Gasteiger partial charge < -0.3 is 5.32 Å². The summed E-state index contributed by atoms with van der Waals surface area (Å²) in [6, 6.07) is 9.78. The highest BCUT2D eigenvalue weighted by atomic mass is 35.5. The van der Waals surface area contributed by atoms with Crippen LogP contribution in [0, 0.1) is 0 Å². The number of hydrogen-bond donors (Lipinski definition) is 1. The van der Waals surface area contributed by atoms with Gasteiger partial charge in [0.05, 0.1) is 15.6 Å². The maximum absolute atomic E-state index is 11.8. The van der Waals surface area contributed by atoms with Gasteiger partial charge in [0.25, 0.3) is 0 Å². The molecule has 3 nitrogen and oxygen atoms in total. The molecule has 0 unspecified atom stereocenters. The van der Waals surface area contributed by atoms with Gasteiger partial charge in [0.15, 0.2) is 9.84 Å². The first-order chi connectivity index (χ1) is 9.79. The first-order valence-corrected chi connectivity index (χ1v) is 8.98. The van der Waals surface area contributed by atoms with Crippen LogP contribution in [0.15, 0.2) is 41.3 Å². The zero-order valence-electron chi connectivity index (χ0n) is 11.0. The predicted octanol–water partition coefficient (Wildman–Crippen LogP) is 4.66. The van der Waals surface area contributed by atoms with E-state index >= 15 is 0 Å². The number of sulfone groups is 1. The summed E-state index contributed by atoms with van der Waals surface area (Å²) in [6.45, 7) is 0.224. The van der Waals surface area contributed by atoms with Gasteiger partial charge in [-0.25, -0.2) is 8.42 Å². The van der Waals surface area contributed by atoms with Crippen molar-refractivity contribution in [3.63, 3.8) is 0 Å². The van der Waals surface area contributed by atoms with Crippen molar-refractivity contribution in [1.82, 2.24) is 0 Å². The van der Waals surface area contributed by atoms with Crippen LogP contribution in [0.2, 0.25) is 15.1 Å². The van der Waals surface area contributed by atoms with Gasteiger partial charge in [-0.3, -0.25) is 0 Å². The largest absolute Gasteiger partial charge is 0.380 e. The number of hydrogen-bond acceptors (Lipinski definition) is 3. The standard InChI is InChI=1S/C14H12Cl3NO2S/c1-21(19,20)14-4-2-3-11(16)10(14)8-18-13-7-9(15)5-6-12(13)17/h2-7,18H,8H2,1H3. The second kappa shape index (κ2) is 6.44. The number of halogens is 3. The molecule has 1 N–H and O–H groups in total. The van der Waals surface area contributed by atoms with Gasteiger partial charge in [0, 0.05) is 28.4 Å². The van der Waals surface area contributed by atoms with Crippen molar-refractivity contribution in [3.8, 4) is 0 Å². The maximum Gasteiger partial charge on any atom is 0.175 e. The lowest BCUT2D eigenvalue weighted by Crippen LogP contribution is -2.08. The number of anilines is 1. The average Bonchev–Trinajstić information content (AvgIpc) is 2.39. The number of rotatable bonds is 4. The van der Waals surface area contributed by atoms with Crippen LogP contribution >= 0.6 is 34.8 Å². The summed E-state index contributed by atoms with van der Waals surface area (Å²) in [5.41, 5.74) is 1.11. The molecule has 0 fully saturated rings. The molecule has 7 heteroatoms. The Kier molecular flexibility index (Phi) is 5.04. The first kappa shape index (κ1) is 16.4. The minimum Gasteiger partial charge on any atom is -0.380 e. The monoisotopic (exact) mass is 363 g/mol. The van der Waals surface area contributed by atoms with Crippen LogP contribution in [0.25, 0.3) is 0 Å². The minimum atomic E-state index is -3.36. The second-order valence-electron chi connectivity index (χ2n) is 4.47. The molecule has 0 heterocycles. The molecule has 0 aromatic heterocycles. The lowest BCUT2D eigenvalue weighted by Gasteiger charge is -2.13. The van der Waals surface area contributed by atoms with Gasteiger partial charge in [-0.05, 0) is 30.3 Å². The first-order valence-electron chi connectivity index (χ1n) is 5.95. The topological polar surface area (TPSA) is 46.2 Å². The molecule has 0 amide bonds. The van der Waals surface area contributed by atoms with E-state index in [-0.39, 0.29) is 11.4 Å². The Morgan fingerprint density at radius 1 is 1.05 bits per heavy atom. The third kappa shape index (κ3) is 4.04. The average molecular weight is 365 g/mol. The van der Waals surface area contributed by atoms with Crippen molar-refractivity contribution >= 4 is 50.3 Å². The maximum atomic E-state index is 11.8. The van der Waals surface area contributed by atoms with Gasteiger partial charge in [-0.1, -0.05) is 40.9 Å². The fourth-order valence-electron chi connectivity index (χ4n) is 1.87. The van der Waals surface area contributed by atoms with Crippen LogP contribution in [0.5, 0.6) is 0 Å². The molecular weight excluding hydrogens is 353 g/mol. The molecule has 0 radical (unpaired) electrons. The SMILES string of the molecule is CS(=O)(=O)c1cccc(Cl)c1CNc1cc(Cl)ccc1Cl. The quantitative estimate of drug-likeness (QED) is 0.858. The Labute approximate surface area is 138 Å². The molecule has 0 aliphatic rings. The number of nitrogens with one attached hydrogen (secondary N) is 1. The third-order valence-electron chi connectivity index (χ3n) is 2.86. The van der Waals surface area contributed by atoms with E-state index in [1.807, 2.05) is 0 Å². The molecule has 0 aliphatic heterocycles. The van der Waals surface area contributed by atoms with Gasteiger partial charge in [-0.15, -0.1) is 0 Å². The van der Waals surface area contributed by atoms with E-state index in [2.05, 4.69) is 5.32 Å². The Balaban J connectivity index is 2.34. The Morgan fingerprint density at radius 2 is 1.76 bits per heavy atom. The van der Waals surface area contributed by atoms with E-state index in [0.29, 0.717) is 26.3 Å². The summed E-state index contributed by atoms with van der Waals surface area (Å²) in [4.78, 5) is 0.195. The molecule has 0 atom stereocenters. The van der Waals surface area contributed by atoms with E-state index in [0.717, 1.165) is 6.26 Å². The zero-order chi connectivity index (χ0) is 15.6. The summed E-state index contributed by atoms with van der Waals surface area (Å²) < 4.78 is 23.6. The van der Waals surface area contributed by atoms with Crippen molar-refractivity contribution < 1.29 is 8.42 Å². The van der Waals surface area contributed by atoms with Gasteiger partial charge in [0.1, 0.15) is 0 Å². The van der Waals surface area contributed by atoms with Gasteiger partial charge in [-0.2, -0.15) is 0 Å². The molecular formula is C14H12Cl3NO2S. The van der Waals surface area contributed by atoms with Crippen LogP contribution in [0.3, 0.4) is 0 Å². The van der Waals surface area contributed by atoms with E-state index in [9.17, 15) is 8.42 Å². The van der Waals surface area contributed by atoms with Crippen LogP contribution < -0.4 is 5.32 Å². The Hall–Kier alpha value is -0.940. The molecule has 2 aromatic rings. The van der Waals surface area contributed by atoms with E-state index in [1.54, 1.807) is 30.3 Å². The summed E-state index contributed by atoms with van der Waals surface area (Å²) >= 11 is 18.1. The lowest BCUT2D eigenvalue weighted by atomic mass is 10.2. The number of benzene rings is 2. The molecule has 2 rings (SSSR count). The molecule has 21 heavy (non-hydrogen) atoms. The van der Waals surface area contributed by atoms with Crippen molar-refractivity contribution in [2.45, 2.75) is 11.4 Å². The summed E-state index contributed by atoms with van der Waals surface area (Å²) in [5.74, 6) is 0.